The second-order valence-corrected chi connectivity index (χ2v) is 13.9. The van der Waals surface area contributed by atoms with Crippen molar-refractivity contribution in [3.05, 3.63) is 194 Å². The summed E-state index contributed by atoms with van der Waals surface area (Å²) < 4.78 is 136. The van der Waals surface area contributed by atoms with E-state index < -0.39 is 72.5 Å². The number of nitrogens with zero attached hydrogens (tertiary/aromatic N) is 4. The van der Waals surface area contributed by atoms with Crippen LogP contribution in [-0.2, 0) is 0 Å². The summed E-state index contributed by atoms with van der Waals surface area (Å²) in [6, 6.07) is 23.5. The van der Waals surface area contributed by atoms with Gasteiger partial charge in [0.25, 0.3) is 0 Å². The average Bonchev–Trinajstić information content (AvgIpc) is 3.98. The third-order valence-electron chi connectivity index (χ3n) is 9.60. The van der Waals surface area contributed by atoms with Crippen LogP contribution in [0.4, 0.5) is 0 Å². The number of fused-ring (bicyclic) bond motifs is 6. The van der Waals surface area contributed by atoms with E-state index in [1.165, 1.54) is 10.6 Å². The Kier molecular flexibility index (Phi) is 4.85. The van der Waals surface area contributed by atoms with Gasteiger partial charge in [0.1, 0.15) is 0 Å². The van der Waals surface area contributed by atoms with Gasteiger partial charge in [-0.25, -0.2) is 15.0 Å². The molecule has 3 aromatic heterocycles. The second-order valence-electron chi connectivity index (χ2n) is 12.9. The molecule has 4 nitrogen and oxygen atoms in total. The lowest BCUT2D eigenvalue weighted by Crippen LogP contribution is -2.04. The molecule has 0 N–H and O–H groups in total. The average molecular weight is 748 g/mol. The minimum atomic E-state index is -0.646. The van der Waals surface area contributed by atoms with Gasteiger partial charge in [-0.15, -0.1) is 11.3 Å². The number of hydrogen-bond donors (Lipinski definition) is 0. The lowest BCUT2D eigenvalue weighted by molar-refractivity contribution is 1.06. The van der Waals surface area contributed by atoms with Crippen LogP contribution >= 0.6 is 11.3 Å². The third-order valence-corrected chi connectivity index (χ3v) is 10.6. The molecule has 0 saturated heterocycles. The van der Waals surface area contributed by atoms with E-state index in [9.17, 15) is 6.85 Å². The number of rotatable bonds is 6. The van der Waals surface area contributed by atoms with E-state index in [4.69, 9.17) is 28.7 Å². The number of hydrogen-bond acceptors (Lipinski definition) is 4. The van der Waals surface area contributed by atoms with Gasteiger partial charge in [0.2, 0.25) is 0 Å². The fourth-order valence-electron chi connectivity index (χ4n) is 6.95. The van der Waals surface area contributed by atoms with Crippen molar-refractivity contribution in [3.8, 4) is 62.1 Å². The molecule has 0 aliphatic carbocycles. The molecule has 0 bridgehead atoms. The highest BCUT2D eigenvalue weighted by Crippen LogP contribution is 2.40. The van der Waals surface area contributed by atoms with Crippen molar-refractivity contribution in [3.63, 3.8) is 0 Å². The molecule has 0 radical (unpaired) electrons. The largest absolute Gasteiger partial charge is 0.308 e. The van der Waals surface area contributed by atoms with E-state index in [1.807, 2.05) is 84.9 Å². The molecule has 262 valence electrons. The number of aromatic nitrogens is 4. The van der Waals surface area contributed by atoms with Crippen LogP contribution in [0.3, 0.4) is 0 Å². The molecule has 0 saturated carbocycles. The van der Waals surface area contributed by atoms with E-state index in [0.717, 1.165) is 22.5 Å². The maximum Gasteiger partial charge on any atom is 0.166 e. The minimum absolute atomic E-state index is 0.00988. The van der Waals surface area contributed by atoms with Crippen molar-refractivity contribution in [1.82, 2.24) is 19.5 Å². The van der Waals surface area contributed by atoms with Gasteiger partial charge in [0, 0.05) is 47.6 Å². The fourth-order valence-corrected chi connectivity index (χ4v) is 7.87. The van der Waals surface area contributed by atoms with Gasteiger partial charge in [0.05, 0.1) is 37.3 Å². The van der Waals surface area contributed by atoms with Crippen LogP contribution in [0.2, 0.25) is 0 Å². The van der Waals surface area contributed by atoms with Crippen molar-refractivity contribution in [1.29, 1.82) is 0 Å². The molecule has 11 aromatic rings. The zero-order valence-corrected chi connectivity index (χ0v) is 29.8. The summed E-state index contributed by atoms with van der Waals surface area (Å²) in [5.41, 5.74) is 2.92. The van der Waals surface area contributed by atoms with Gasteiger partial charge in [-0.3, -0.25) is 0 Å². The predicted molar refractivity (Wildman–Crippen MR) is 234 cm³/mol. The smallest absolute Gasteiger partial charge is 0.166 e. The molecular formula is C51H32N4S. The number of benzene rings is 8. The first-order chi connectivity index (χ1) is 34.0. The Labute approximate surface area is 348 Å². The Hall–Kier alpha value is -7.21. The molecule has 8 aromatic carbocycles. The first-order valence-corrected chi connectivity index (χ1v) is 18.4. The first kappa shape index (κ1) is 20.5. The molecule has 3 heterocycles. The molecule has 0 aliphatic heterocycles. The normalized spacial score (nSPS) is 15.3. The van der Waals surface area contributed by atoms with Gasteiger partial charge < -0.3 is 4.57 Å². The summed E-state index contributed by atoms with van der Waals surface area (Å²) in [7, 11) is 0. The molecular weight excluding hydrogens is 701 g/mol. The highest BCUT2D eigenvalue weighted by Gasteiger charge is 2.20. The molecule has 0 amide bonds. The summed E-state index contributed by atoms with van der Waals surface area (Å²) in [4.78, 5) is 14.9. The monoisotopic (exact) mass is 747 g/mol. The third kappa shape index (κ3) is 5.48. The highest BCUT2D eigenvalue weighted by atomic mass is 32.1. The lowest BCUT2D eigenvalue weighted by atomic mass is 9.99. The number of thiophene rings is 1. The predicted octanol–water partition coefficient (Wildman–Crippen LogP) is 13.7. The standard InChI is InChI=1S/C51H32N4S/c1-3-13-33(14-4-1)34-23-25-36(26-24-34)50-52-49(35-15-5-2-6-16-35)53-51(54-50)42-29-27-38(37-28-30-48-43(31-37)41-19-9-12-22-47(41)56-48)32-46(42)55-44-20-10-7-17-39(44)40-18-8-11-21-45(40)55/h1-32H/i7D,8D,9D,10D,11D,12D,17D,18D,19D,20D,21D,22D,28D,30D,31D. The van der Waals surface area contributed by atoms with Gasteiger partial charge in [-0.1, -0.05) is 151 Å². The highest BCUT2D eigenvalue weighted by molar-refractivity contribution is 7.25. The summed E-state index contributed by atoms with van der Waals surface area (Å²) in [5.74, 6) is 0.529. The Morgan fingerprint density at radius 1 is 0.411 bits per heavy atom. The fraction of sp³-hybridized carbons (Fsp3) is 0. The number of para-hydroxylation sites is 2. The lowest BCUT2D eigenvalue weighted by Gasteiger charge is -2.16. The van der Waals surface area contributed by atoms with E-state index >= 15 is 0 Å². The second kappa shape index (κ2) is 13.3. The minimum Gasteiger partial charge on any atom is -0.308 e. The van der Waals surface area contributed by atoms with Crippen LogP contribution in [0.1, 0.15) is 20.6 Å². The maximum atomic E-state index is 9.68. The van der Waals surface area contributed by atoms with Gasteiger partial charge >= 0.3 is 0 Å². The molecule has 0 spiro atoms. The van der Waals surface area contributed by atoms with Crippen molar-refractivity contribution >= 4 is 53.3 Å². The van der Waals surface area contributed by atoms with Crippen molar-refractivity contribution in [2.24, 2.45) is 0 Å². The topological polar surface area (TPSA) is 43.6 Å². The van der Waals surface area contributed by atoms with Crippen LogP contribution in [0.5, 0.6) is 0 Å². The molecule has 0 atom stereocenters. The zero-order valence-electron chi connectivity index (χ0n) is 44.0. The van der Waals surface area contributed by atoms with E-state index in [2.05, 4.69) is 0 Å². The van der Waals surface area contributed by atoms with Crippen LogP contribution in [0, 0.1) is 0 Å². The Bertz CT molecular complexity index is 4030. The summed E-state index contributed by atoms with van der Waals surface area (Å²) in [6.07, 6.45) is 0. The summed E-state index contributed by atoms with van der Waals surface area (Å²) >= 11 is 0.889. The van der Waals surface area contributed by atoms with E-state index in [1.54, 1.807) is 12.1 Å². The van der Waals surface area contributed by atoms with Crippen LogP contribution in [0.15, 0.2) is 194 Å². The van der Waals surface area contributed by atoms with Crippen LogP contribution < -0.4 is 0 Å². The van der Waals surface area contributed by atoms with Crippen LogP contribution in [-0.4, -0.2) is 19.5 Å². The van der Waals surface area contributed by atoms with Gasteiger partial charge in [-0.05, 0) is 64.6 Å². The van der Waals surface area contributed by atoms with E-state index in [0.29, 0.717) is 11.1 Å². The van der Waals surface area contributed by atoms with Crippen molar-refractivity contribution in [2.45, 2.75) is 0 Å². The summed E-state index contributed by atoms with van der Waals surface area (Å²) in [5, 5.41) is -0.327. The zero-order chi connectivity index (χ0) is 50.1. The first-order valence-electron chi connectivity index (χ1n) is 25.1. The van der Waals surface area contributed by atoms with Crippen molar-refractivity contribution < 1.29 is 20.6 Å². The Morgan fingerprint density at radius 3 is 1.62 bits per heavy atom. The molecule has 0 fully saturated rings. The molecule has 56 heavy (non-hydrogen) atoms. The quantitative estimate of drug-likeness (QED) is 0.170. The maximum absolute atomic E-state index is 9.68. The Morgan fingerprint density at radius 2 is 0.929 bits per heavy atom. The molecule has 0 unspecified atom stereocenters. The van der Waals surface area contributed by atoms with Crippen LogP contribution in [0.25, 0.3) is 104 Å². The van der Waals surface area contributed by atoms with Gasteiger partial charge in [-0.2, -0.15) is 0 Å². The molecule has 0 aliphatic rings. The Balaban J connectivity index is 1.28. The SMILES string of the molecule is [2H]c1c([2H])c([2H])c2c(sc3c([2H])c([2H])c(-c4ccc(-c5nc(-c6ccccc6)nc(-c6ccc(-c7ccccc7)cc6)n5)c(-n5c6c([2H])c([2H])c([2H])c([2H])c6c6c([2H])c([2H])c([2H])c([2H])c65)c4)c([2H])c32)c1[2H]. The van der Waals surface area contributed by atoms with E-state index in [-0.39, 0.29) is 100.0 Å². The van der Waals surface area contributed by atoms with Gasteiger partial charge in [0.15, 0.2) is 17.5 Å². The molecule has 5 heteroatoms. The summed E-state index contributed by atoms with van der Waals surface area (Å²) in [6.45, 7) is 0. The van der Waals surface area contributed by atoms with Crippen molar-refractivity contribution in [2.75, 3.05) is 0 Å². The molecule has 11 rings (SSSR count).